The highest BCUT2D eigenvalue weighted by Crippen LogP contribution is 2.27. The van der Waals surface area contributed by atoms with Crippen LogP contribution in [-0.4, -0.2) is 57.9 Å². The summed E-state index contributed by atoms with van der Waals surface area (Å²) in [4.78, 5) is 2.95. The van der Waals surface area contributed by atoms with Gasteiger partial charge in [0.05, 0.1) is 11.5 Å². The molecule has 1 fully saturated rings. The van der Waals surface area contributed by atoms with Crippen LogP contribution in [0, 0.1) is 0 Å². The number of hydrogen-bond donors (Lipinski definition) is 1. The van der Waals surface area contributed by atoms with Gasteiger partial charge in [-0.1, -0.05) is 29.8 Å². The Balaban J connectivity index is 1.76. The average molecular weight is 353 g/mol. The summed E-state index contributed by atoms with van der Waals surface area (Å²) in [5.74, 6) is 0. The summed E-state index contributed by atoms with van der Waals surface area (Å²) in [5.41, 5.74) is 0. The van der Waals surface area contributed by atoms with Gasteiger partial charge in [-0.3, -0.25) is 4.90 Å². The quantitative estimate of drug-likeness (QED) is 0.899. The Kier molecular flexibility index (Phi) is 5.34. The molecule has 23 heavy (non-hydrogen) atoms. The Morgan fingerprint density at radius 1 is 1.39 bits per heavy atom. The molecule has 1 saturated heterocycles. The molecular formula is C17H21ClN2O2S. The van der Waals surface area contributed by atoms with Crippen molar-refractivity contribution in [2.24, 2.45) is 0 Å². The van der Waals surface area contributed by atoms with Crippen molar-refractivity contribution in [2.45, 2.75) is 17.4 Å². The van der Waals surface area contributed by atoms with Crippen LogP contribution in [0.25, 0.3) is 10.8 Å². The lowest BCUT2D eigenvalue weighted by molar-refractivity contribution is 0.185. The average Bonchev–Trinajstić information content (AvgIpc) is 3.04. The van der Waals surface area contributed by atoms with Gasteiger partial charge in [-0.2, -0.15) is 0 Å². The van der Waals surface area contributed by atoms with Crippen molar-refractivity contribution < 1.29 is 9.32 Å². The molecule has 0 radical (unpaired) electrons. The maximum absolute atomic E-state index is 12.8. The van der Waals surface area contributed by atoms with Gasteiger partial charge >= 0.3 is 0 Å². The molecule has 6 heteroatoms. The lowest BCUT2D eigenvalue weighted by Crippen LogP contribution is -2.36. The highest BCUT2D eigenvalue weighted by Gasteiger charge is 2.29. The zero-order valence-corrected chi connectivity index (χ0v) is 14.7. The van der Waals surface area contributed by atoms with E-state index in [1.54, 1.807) is 0 Å². The van der Waals surface area contributed by atoms with E-state index >= 15 is 0 Å². The van der Waals surface area contributed by atoms with Crippen molar-refractivity contribution in [1.82, 2.24) is 9.21 Å². The van der Waals surface area contributed by atoms with Gasteiger partial charge in [0.15, 0.2) is 0 Å². The SMILES string of the molecule is CN(CCO)[C@@H]1CCN(S(=O)c2ccc3c(Cl)cccc3c2)C1. The molecule has 0 aliphatic carbocycles. The highest BCUT2D eigenvalue weighted by molar-refractivity contribution is 7.82. The fourth-order valence-electron chi connectivity index (χ4n) is 3.04. The van der Waals surface area contributed by atoms with Crippen molar-refractivity contribution in [3.63, 3.8) is 0 Å². The summed E-state index contributed by atoms with van der Waals surface area (Å²) < 4.78 is 14.8. The van der Waals surface area contributed by atoms with Crippen LogP contribution in [0.5, 0.6) is 0 Å². The van der Waals surface area contributed by atoms with E-state index in [1.807, 2.05) is 47.8 Å². The molecule has 124 valence electrons. The monoisotopic (exact) mass is 352 g/mol. The van der Waals surface area contributed by atoms with Crippen LogP contribution in [0.3, 0.4) is 0 Å². The number of hydrogen-bond acceptors (Lipinski definition) is 3. The number of nitrogens with zero attached hydrogens (tertiary/aromatic N) is 2. The molecule has 0 spiro atoms. The number of rotatable bonds is 5. The fourth-order valence-corrected chi connectivity index (χ4v) is 4.58. The smallest absolute Gasteiger partial charge is 0.127 e. The number of aliphatic hydroxyl groups is 1. The van der Waals surface area contributed by atoms with Gasteiger partial charge in [0.1, 0.15) is 11.0 Å². The molecule has 1 aliphatic rings. The van der Waals surface area contributed by atoms with E-state index in [2.05, 4.69) is 4.90 Å². The van der Waals surface area contributed by atoms with Crippen molar-refractivity contribution in [3.05, 3.63) is 41.4 Å². The van der Waals surface area contributed by atoms with Crippen molar-refractivity contribution in [2.75, 3.05) is 33.3 Å². The lowest BCUT2D eigenvalue weighted by Gasteiger charge is -2.23. The molecule has 2 atom stereocenters. The van der Waals surface area contributed by atoms with Crippen LogP contribution in [0.4, 0.5) is 0 Å². The summed E-state index contributed by atoms with van der Waals surface area (Å²) in [5, 5.41) is 11.8. The standard InChI is InChI=1S/C17H21ClN2O2S/c1-19(9-10-21)14-7-8-20(12-14)23(22)15-5-6-16-13(11-15)3-2-4-17(16)18/h2-6,11,14,21H,7-10,12H2,1H3/t14-,23?/m1/s1. The number of likely N-dealkylation sites (N-methyl/N-ethyl adjacent to an activating group) is 1. The molecule has 1 aliphatic heterocycles. The maximum Gasteiger partial charge on any atom is 0.127 e. The second-order valence-corrected chi connectivity index (χ2v) is 7.80. The van der Waals surface area contributed by atoms with E-state index < -0.39 is 11.0 Å². The van der Waals surface area contributed by atoms with Gasteiger partial charge in [-0.15, -0.1) is 0 Å². The first-order chi connectivity index (χ1) is 11.1. The molecule has 0 saturated carbocycles. The molecule has 3 rings (SSSR count). The lowest BCUT2D eigenvalue weighted by atomic mass is 10.1. The van der Waals surface area contributed by atoms with Gasteiger partial charge < -0.3 is 5.11 Å². The fraction of sp³-hybridized carbons (Fsp3) is 0.412. The first-order valence-corrected chi connectivity index (χ1v) is 9.25. The Labute approximate surface area is 144 Å². The van der Waals surface area contributed by atoms with E-state index in [0.29, 0.717) is 17.6 Å². The minimum atomic E-state index is -1.16. The van der Waals surface area contributed by atoms with E-state index in [0.717, 1.165) is 35.2 Å². The molecule has 2 aromatic carbocycles. The van der Waals surface area contributed by atoms with Crippen molar-refractivity contribution in [1.29, 1.82) is 0 Å². The summed E-state index contributed by atoms with van der Waals surface area (Å²) >= 11 is 6.19. The topological polar surface area (TPSA) is 43.8 Å². The minimum absolute atomic E-state index is 0.154. The summed E-state index contributed by atoms with van der Waals surface area (Å²) in [6.07, 6.45) is 0.974. The Hall–Kier alpha value is -0.980. The first kappa shape index (κ1) is 16.9. The van der Waals surface area contributed by atoms with E-state index in [-0.39, 0.29) is 6.61 Å². The third-order valence-electron chi connectivity index (χ3n) is 4.44. The zero-order chi connectivity index (χ0) is 16.4. The molecule has 0 amide bonds. The van der Waals surface area contributed by atoms with E-state index in [1.165, 1.54) is 0 Å². The van der Waals surface area contributed by atoms with Crippen LogP contribution < -0.4 is 0 Å². The molecule has 2 aromatic rings. The van der Waals surface area contributed by atoms with Crippen LogP contribution in [0.1, 0.15) is 6.42 Å². The molecular weight excluding hydrogens is 332 g/mol. The van der Waals surface area contributed by atoms with Gasteiger partial charge in [0.25, 0.3) is 0 Å². The molecule has 1 heterocycles. The second-order valence-electron chi connectivity index (χ2n) is 5.91. The molecule has 0 aromatic heterocycles. The number of fused-ring (bicyclic) bond motifs is 1. The van der Waals surface area contributed by atoms with Gasteiger partial charge in [-0.25, -0.2) is 8.51 Å². The van der Waals surface area contributed by atoms with Crippen molar-refractivity contribution in [3.8, 4) is 0 Å². The van der Waals surface area contributed by atoms with E-state index in [9.17, 15) is 4.21 Å². The zero-order valence-electron chi connectivity index (χ0n) is 13.1. The number of aliphatic hydroxyl groups excluding tert-OH is 1. The van der Waals surface area contributed by atoms with Gasteiger partial charge in [0, 0.05) is 36.1 Å². The number of halogens is 1. The normalized spacial score (nSPS) is 20.4. The van der Waals surface area contributed by atoms with E-state index in [4.69, 9.17) is 16.7 Å². The first-order valence-electron chi connectivity index (χ1n) is 7.76. The Morgan fingerprint density at radius 2 is 2.22 bits per heavy atom. The maximum atomic E-state index is 12.8. The highest BCUT2D eigenvalue weighted by atomic mass is 35.5. The van der Waals surface area contributed by atoms with Crippen LogP contribution in [0.2, 0.25) is 5.02 Å². The molecule has 1 unspecified atom stereocenters. The third kappa shape index (κ3) is 3.59. The largest absolute Gasteiger partial charge is 0.395 e. The van der Waals surface area contributed by atoms with Gasteiger partial charge in [0.2, 0.25) is 0 Å². The Morgan fingerprint density at radius 3 is 3.00 bits per heavy atom. The van der Waals surface area contributed by atoms with Gasteiger partial charge in [-0.05, 0) is 37.1 Å². The molecule has 1 N–H and O–H groups in total. The second kappa shape index (κ2) is 7.28. The number of benzene rings is 2. The minimum Gasteiger partial charge on any atom is -0.395 e. The predicted molar refractivity (Wildman–Crippen MR) is 95.1 cm³/mol. The summed E-state index contributed by atoms with van der Waals surface area (Å²) in [6.45, 7) is 2.37. The molecule has 4 nitrogen and oxygen atoms in total. The van der Waals surface area contributed by atoms with Crippen LogP contribution in [0.15, 0.2) is 41.3 Å². The summed E-state index contributed by atoms with van der Waals surface area (Å²) in [7, 11) is 0.844. The molecule has 0 bridgehead atoms. The Bertz CT molecular complexity index is 725. The third-order valence-corrected chi connectivity index (χ3v) is 6.22. The summed E-state index contributed by atoms with van der Waals surface area (Å²) in [6, 6.07) is 11.9. The van der Waals surface area contributed by atoms with Crippen LogP contribution in [-0.2, 0) is 11.0 Å². The predicted octanol–water partition coefficient (Wildman–Crippen LogP) is 2.51. The van der Waals surface area contributed by atoms with Crippen LogP contribution >= 0.6 is 11.6 Å². The van der Waals surface area contributed by atoms with Crippen molar-refractivity contribution >= 4 is 33.4 Å².